The molecule has 0 bridgehead atoms. The molecule has 0 saturated heterocycles. The molecule has 0 radical (unpaired) electrons. The molecule has 2 rings (SSSR count). The molecule has 3 N–H and O–H groups in total. The van der Waals surface area contributed by atoms with Gasteiger partial charge in [-0.1, -0.05) is 38.6 Å². The average Bonchev–Trinajstić information content (AvgIpc) is 2.72. The monoisotopic (exact) mass is 430 g/mol. The first-order valence-corrected chi connectivity index (χ1v) is 10.9. The largest absolute Gasteiger partial charge is 0.326 e. The minimum absolute atomic E-state index is 0.0562. The summed E-state index contributed by atoms with van der Waals surface area (Å²) < 4.78 is 26.7. The quantitative estimate of drug-likeness (QED) is 0.530. The van der Waals surface area contributed by atoms with Crippen molar-refractivity contribution in [3.8, 4) is 0 Å². The molecular weight excluding hydrogens is 404 g/mol. The first-order valence-electron chi connectivity index (χ1n) is 9.42. The number of hydrazine groups is 1. The predicted octanol–water partition coefficient (Wildman–Crippen LogP) is 2.58. The number of rotatable bonds is 9. The van der Waals surface area contributed by atoms with Gasteiger partial charge in [0.05, 0.1) is 10.6 Å². The van der Waals surface area contributed by atoms with Gasteiger partial charge in [0.15, 0.2) is 0 Å². The molecule has 0 heterocycles. The number of hydrogen-bond acceptors (Lipinski definition) is 5. The SMILES string of the molecule is C=C(NNC(=O)c1cccc(S(=O)(=O)N(CC)CC)c1)c1cccc(NC(C)=O)c1. The van der Waals surface area contributed by atoms with Crippen LogP contribution >= 0.6 is 0 Å². The lowest BCUT2D eigenvalue weighted by molar-refractivity contribution is -0.114. The summed E-state index contributed by atoms with van der Waals surface area (Å²) >= 11 is 0. The number of sulfonamides is 1. The summed E-state index contributed by atoms with van der Waals surface area (Å²) in [6.07, 6.45) is 0. The molecule has 2 aromatic carbocycles. The van der Waals surface area contributed by atoms with E-state index in [-0.39, 0.29) is 16.4 Å². The number of amides is 2. The fourth-order valence-corrected chi connectivity index (χ4v) is 4.28. The van der Waals surface area contributed by atoms with E-state index in [1.54, 1.807) is 38.1 Å². The van der Waals surface area contributed by atoms with Gasteiger partial charge in [0, 0.05) is 36.8 Å². The van der Waals surface area contributed by atoms with Gasteiger partial charge in [0.25, 0.3) is 5.91 Å². The highest BCUT2D eigenvalue weighted by Gasteiger charge is 2.22. The van der Waals surface area contributed by atoms with Crippen molar-refractivity contribution in [2.45, 2.75) is 25.7 Å². The molecular formula is C21H26N4O4S. The van der Waals surface area contributed by atoms with Crippen molar-refractivity contribution in [3.63, 3.8) is 0 Å². The van der Waals surface area contributed by atoms with Crippen LogP contribution in [0.3, 0.4) is 0 Å². The molecule has 0 aliphatic rings. The van der Waals surface area contributed by atoms with Gasteiger partial charge in [-0.25, -0.2) is 8.42 Å². The number of anilines is 1. The Labute approximate surface area is 177 Å². The first kappa shape index (κ1) is 23.1. The van der Waals surface area contributed by atoms with E-state index < -0.39 is 15.9 Å². The summed E-state index contributed by atoms with van der Waals surface area (Å²) in [5.41, 5.74) is 7.09. The normalized spacial score (nSPS) is 11.1. The summed E-state index contributed by atoms with van der Waals surface area (Å²) in [6, 6.07) is 12.8. The summed E-state index contributed by atoms with van der Waals surface area (Å²) in [6.45, 7) is 9.48. The van der Waals surface area contributed by atoms with Crippen LogP contribution in [0.2, 0.25) is 0 Å². The van der Waals surface area contributed by atoms with Crippen molar-refractivity contribution in [3.05, 3.63) is 66.2 Å². The van der Waals surface area contributed by atoms with Crippen molar-refractivity contribution in [2.75, 3.05) is 18.4 Å². The van der Waals surface area contributed by atoms with E-state index in [2.05, 4.69) is 22.7 Å². The number of benzene rings is 2. The van der Waals surface area contributed by atoms with E-state index in [0.29, 0.717) is 30.0 Å². The van der Waals surface area contributed by atoms with Gasteiger partial charge in [-0.15, -0.1) is 0 Å². The molecule has 30 heavy (non-hydrogen) atoms. The molecule has 8 nitrogen and oxygen atoms in total. The van der Waals surface area contributed by atoms with E-state index in [1.807, 2.05) is 0 Å². The Balaban J connectivity index is 2.10. The third-order valence-electron chi connectivity index (χ3n) is 4.30. The lowest BCUT2D eigenvalue weighted by Crippen LogP contribution is -2.36. The average molecular weight is 431 g/mol. The van der Waals surface area contributed by atoms with Gasteiger partial charge < -0.3 is 5.32 Å². The molecule has 2 amide bonds. The fourth-order valence-electron chi connectivity index (χ4n) is 2.77. The topological polar surface area (TPSA) is 108 Å². The van der Waals surface area contributed by atoms with Crippen LogP contribution in [-0.2, 0) is 14.8 Å². The molecule has 160 valence electrons. The maximum absolute atomic E-state index is 12.7. The van der Waals surface area contributed by atoms with Gasteiger partial charge in [-0.3, -0.25) is 20.4 Å². The number of hydrogen-bond donors (Lipinski definition) is 3. The van der Waals surface area contributed by atoms with Crippen LogP contribution in [0.25, 0.3) is 5.70 Å². The van der Waals surface area contributed by atoms with Gasteiger partial charge in [-0.05, 0) is 30.3 Å². The molecule has 0 aliphatic carbocycles. The zero-order valence-corrected chi connectivity index (χ0v) is 18.0. The Bertz CT molecular complexity index is 1050. The first-order chi connectivity index (χ1) is 14.2. The molecule has 9 heteroatoms. The third-order valence-corrected chi connectivity index (χ3v) is 6.34. The van der Waals surface area contributed by atoms with Crippen molar-refractivity contribution in [2.24, 2.45) is 0 Å². The second kappa shape index (κ2) is 10.0. The van der Waals surface area contributed by atoms with Crippen LogP contribution in [0.5, 0.6) is 0 Å². The van der Waals surface area contributed by atoms with E-state index in [1.165, 1.54) is 35.5 Å². The van der Waals surface area contributed by atoms with Gasteiger partial charge in [0.2, 0.25) is 15.9 Å². The molecule has 0 aliphatic heterocycles. The van der Waals surface area contributed by atoms with Crippen molar-refractivity contribution >= 4 is 33.2 Å². The van der Waals surface area contributed by atoms with Crippen molar-refractivity contribution in [1.82, 2.24) is 15.2 Å². The lowest BCUT2D eigenvalue weighted by atomic mass is 10.1. The summed E-state index contributed by atoms with van der Waals surface area (Å²) in [5, 5.41) is 2.67. The summed E-state index contributed by atoms with van der Waals surface area (Å²) in [7, 11) is -3.67. The molecule has 2 aromatic rings. The smallest absolute Gasteiger partial charge is 0.269 e. The zero-order chi connectivity index (χ0) is 22.3. The van der Waals surface area contributed by atoms with Gasteiger partial charge in [0.1, 0.15) is 0 Å². The molecule has 0 spiro atoms. The fraction of sp³-hybridized carbons (Fsp3) is 0.238. The van der Waals surface area contributed by atoms with E-state index in [0.717, 1.165) is 0 Å². The Kier molecular flexibility index (Phi) is 7.73. The zero-order valence-electron chi connectivity index (χ0n) is 17.2. The van der Waals surface area contributed by atoms with E-state index in [9.17, 15) is 18.0 Å². The van der Waals surface area contributed by atoms with Crippen LogP contribution in [0.15, 0.2) is 60.0 Å². The Hall–Kier alpha value is -3.17. The van der Waals surface area contributed by atoms with Crippen LogP contribution in [0.1, 0.15) is 36.7 Å². The third kappa shape index (κ3) is 5.68. The number of nitrogens with one attached hydrogen (secondary N) is 3. The van der Waals surface area contributed by atoms with Crippen LogP contribution in [0, 0.1) is 0 Å². The van der Waals surface area contributed by atoms with Gasteiger partial charge >= 0.3 is 0 Å². The second-order valence-electron chi connectivity index (χ2n) is 6.44. The van der Waals surface area contributed by atoms with Crippen LogP contribution in [-0.4, -0.2) is 37.6 Å². The van der Waals surface area contributed by atoms with E-state index in [4.69, 9.17) is 0 Å². The number of carbonyl (C=O) groups excluding carboxylic acids is 2. The summed E-state index contributed by atoms with van der Waals surface area (Å²) in [4.78, 5) is 23.7. The maximum Gasteiger partial charge on any atom is 0.269 e. The predicted molar refractivity (Wildman–Crippen MR) is 117 cm³/mol. The highest BCUT2D eigenvalue weighted by atomic mass is 32.2. The Morgan fingerprint density at radius 2 is 1.60 bits per heavy atom. The number of carbonyl (C=O) groups is 2. The Morgan fingerprint density at radius 3 is 2.23 bits per heavy atom. The lowest BCUT2D eigenvalue weighted by Gasteiger charge is -2.19. The van der Waals surface area contributed by atoms with Gasteiger partial charge in [-0.2, -0.15) is 4.31 Å². The van der Waals surface area contributed by atoms with Crippen molar-refractivity contribution in [1.29, 1.82) is 0 Å². The van der Waals surface area contributed by atoms with Crippen LogP contribution < -0.4 is 16.2 Å². The van der Waals surface area contributed by atoms with Crippen LogP contribution in [0.4, 0.5) is 5.69 Å². The molecule has 0 aromatic heterocycles. The maximum atomic E-state index is 12.7. The number of nitrogens with zero attached hydrogens (tertiary/aromatic N) is 1. The Morgan fingerprint density at radius 1 is 0.967 bits per heavy atom. The highest BCUT2D eigenvalue weighted by Crippen LogP contribution is 2.18. The molecule has 0 fully saturated rings. The highest BCUT2D eigenvalue weighted by molar-refractivity contribution is 7.89. The van der Waals surface area contributed by atoms with Crippen molar-refractivity contribution < 1.29 is 18.0 Å². The minimum Gasteiger partial charge on any atom is -0.326 e. The minimum atomic E-state index is -3.67. The second-order valence-corrected chi connectivity index (χ2v) is 8.37. The molecule has 0 saturated carbocycles. The standard InChI is InChI=1S/C21H26N4O4S/c1-5-25(6-2)30(28,29)20-12-8-10-18(14-20)21(27)24-23-15(3)17-9-7-11-19(13-17)22-16(4)26/h7-14,23H,3,5-6H2,1-2,4H3,(H,22,26)(H,24,27). The van der Waals surface area contributed by atoms with E-state index >= 15 is 0 Å². The summed E-state index contributed by atoms with van der Waals surface area (Å²) in [5.74, 6) is -0.704. The molecule has 0 unspecified atom stereocenters. The molecule has 0 atom stereocenters.